The zero-order valence-electron chi connectivity index (χ0n) is 18.0. The summed E-state index contributed by atoms with van der Waals surface area (Å²) < 4.78 is 5.64. The van der Waals surface area contributed by atoms with Gasteiger partial charge in [0.05, 0.1) is 39.8 Å². The summed E-state index contributed by atoms with van der Waals surface area (Å²) in [5.74, 6) is -1.14. The highest BCUT2D eigenvalue weighted by Gasteiger charge is 2.44. The number of nitrogens with one attached hydrogen (secondary N) is 1. The fraction of sp³-hybridized carbons (Fsp3) is 0.333. The number of ether oxygens (including phenoxy) is 1. The molecule has 7 heteroatoms. The van der Waals surface area contributed by atoms with Crippen molar-refractivity contribution >= 4 is 29.1 Å². The monoisotopic (exact) mass is 442 g/mol. The average molecular weight is 443 g/mol. The number of halogens is 1. The molecule has 0 saturated carbocycles. The highest BCUT2D eigenvalue weighted by molar-refractivity contribution is 6.46. The summed E-state index contributed by atoms with van der Waals surface area (Å²) in [6, 6.07) is 12.8. The van der Waals surface area contributed by atoms with E-state index in [-0.39, 0.29) is 5.57 Å². The summed E-state index contributed by atoms with van der Waals surface area (Å²) in [7, 11) is 3.95. The van der Waals surface area contributed by atoms with Crippen LogP contribution in [0.15, 0.2) is 54.1 Å². The summed E-state index contributed by atoms with van der Waals surface area (Å²) in [5.41, 5.74) is 1.01. The molecule has 0 spiro atoms. The summed E-state index contributed by atoms with van der Waals surface area (Å²) in [5, 5.41) is 13.8. The van der Waals surface area contributed by atoms with E-state index >= 15 is 0 Å². The lowest BCUT2D eigenvalue weighted by Gasteiger charge is -2.28. The lowest BCUT2D eigenvalue weighted by Crippen LogP contribution is -3.06. The van der Waals surface area contributed by atoms with Crippen molar-refractivity contribution in [2.24, 2.45) is 0 Å². The number of Topliss-reactive ketones (excluding diaryl/α,β-unsaturated/α-hetero) is 1. The summed E-state index contributed by atoms with van der Waals surface area (Å²) in [4.78, 5) is 28.4. The van der Waals surface area contributed by atoms with Gasteiger partial charge in [0.15, 0.2) is 0 Å². The maximum absolute atomic E-state index is 13.3. The minimum absolute atomic E-state index is 0.0247. The Balaban J connectivity index is 2.06. The van der Waals surface area contributed by atoms with Crippen LogP contribution in [0.1, 0.15) is 30.5 Å². The molecule has 2 aromatic rings. The Morgan fingerprint density at radius 1 is 1.10 bits per heavy atom. The van der Waals surface area contributed by atoms with Crippen LogP contribution in [-0.4, -0.2) is 50.4 Å². The molecule has 0 radical (unpaired) electrons. The smallest absolute Gasteiger partial charge is 0.295 e. The predicted octanol–water partition coefficient (Wildman–Crippen LogP) is 1.50. The van der Waals surface area contributed by atoms with Crippen LogP contribution < -0.4 is 14.7 Å². The van der Waals surface area contributed by atoms with Gasteiger partial charge < -0.3 is 19.6 Å². The molecule has 1 aliphatic heterocycles. The first-order valence-corrected chi connectivity index (χ1v) is 10.8. The lowest BCUT2D eigenvalue weighted by molar-refractivity contribution is -0.857. The number of hydrogen-bond donors (Lipinski definition) is 1. The molecule has 0 bridgehead atoms. The first kappa shape index (κ1) is 22.8. The van der Waals surface area contributed by atoms with Crippen LogP contribution >= 0.6 is 11.6 Å². The van der Waals surface area contributed by atoms with Crippen molar-refractivity contribution < 1.29 is 24.3 Å². The minimum atomic E-state index is -0.745. The number of quaternary nitrogens is 1. The van der Waals surface area contributed by atoms with E-state index in [9.17, 15) is 14.7 Å². The first-order chi connectivity index (χ1) is 14.8. The number of amides is 1. The van der Waals surface area contributed by atoms with Crippen molar-refractivity contribution in [2.45, 2.75) is 19.4 Å². The van der Waals surface area contributed by atoms with Crippen molar-refractivity contribution in [3.8, 4) is 5.75 Å². The van der Waals surface area contributed by atoms with E-state index in [1.165, 1.54) is 4.90 Å². The molecule has 1 heterocycles. The maximum atomic E-state index is 13.3. The molecule has 1 saturated heterocycles. The summed E-state index contributed by atoms with van der Waals surface area (Å²) in [6.45, 7) is 3.64. The van der Waals surface area contributed by atoms with E-state index in [4.69, 9.17) is 16.3 Å². The van der Waals surface area contributed by atoms with E-state index < -0.39 is 23.5 Å². The van der Waals surface area contributed by atoms with Gasteiger partial charge in [-0.15, -0.1) is 0 Å². The van der Waals surface area contributed by atoms with Crippen LogP contribution in [0.4, 0.5) is 0 Å². The van der Waals surface area contributed by atoms with Crippen molar-refractivity contribution in [3.63, 3.8) is 0 Å². The number of likely N-dealkylation sites (tertiary alicyclic amines) is 1. The molecule has 0 aromatic heterocycles. The molecule has 1 N–H and O–H groups in total. The molecule has 1 amide bonds. The molecule has 31 heavy (non-hydrogen) atoms. The zero-order valence-corrected chi connectivity index (χ0v) is 18.7. The average Bonchev–Trinajstić information content (AvgIpc) is 3.01. The molecule has 1 fully saturated rings. The van der Waals surface area contributed by atoms with Crippen molar-refractivity contribution in [1.82, 2.24) is 4.90 Å². The molecule has 1 unspecified atom stereocenters. The molecule has 164 valence electrons. The van der Waals surface area contributed by atoms with Crippen LogP contribution in [0, 0.1) is 0 Å². The van der Waals surface area contributed by atoms with Gasteiger partial charge in [-0.25, -0.2) is 0 Å². The van der Waals surface area contributed by atoms with E-state index in [2.05, 4.69) is 0 Å². The van der Waals surface area contributed by atoms with E-state index in [1.807, 2.05) is 33.2 Å². The molecule has 6 nitrogen and oxygen atoms in total. The Morgan fingerprint density at radius 3 is 2.32 bits per heavy atom. The van der Waals surface area contributed by atoms with E-state index in [0.29, 0.717) is 41.6 Å². The molecular weight excluding hydrogens is 416 g/mol. The number of benzene rings is 2. The third kappa shape index (κ3) is 5.09. The molecule has 0 aliphatic carbocycles. The van der Waals surface area contributed by atoms with Gasteiger partial charge in [-0.3, -0.25) is 9.59 Å². The normalized spacial score (nSPS) is 18.1. The van der Waals surface area contributed by atoms with Crippen molar-refractivity contribution in [3.05, 3.63) is 70.3 Å². The second-order valence-electron chi connectivity index (χ2n) is 7.85. The largest absolute Gasteiger partial charge is 0.872 e. The van der Waals surface area contributed by atoms with Gasteiger partial charge in [0, 0.05) is 10.6 Å². The third-order valence-corrected chi connectivity index (χ3v) is 5.41. The van der Waals surface area contributed by atoms with Crippen LogP contribution in [-0.2, 0) is 9.59 Å². The number of carbonyl (C=O) groups excluding carboxylic acids is 2. The van der Waals surface area contributed by atoms with Crippen LogP contribution in [0.5, 0.6) is 5.75 Å². The second-order valence-corrected chi connectivity index (χ2v) is 8.29. The first-order valence-electron chi connectivity index (χ1n) is 10.4. The van der Waals surface area contributed by atoms with Crippen LogP contribution in [0.2, 0.25) is 5.02 Å². The Morgan fingerprint density at radius 2 is 1.74 bits per heavy atom. The molecular formula is C24H27ClN2O4. The standard InChI is InChI=1S/C24H27ClN2O4/c1-4-15-31-19-11-7-16(8-12-19)21-20(22(28)17-5-9-18(25)10-6-17)23(29)24(30)27(21)14-13-26(2)3/h5-12,21,28H,4,13-15H2,1-3H3/b22-20+. The Kier molecular flexibility index (Phi) is 7.36. The Bertz CT molecular complexity index is 968. The number of ketones is 1. The maximum Gasteiger partial charge on any atom is 0.295 e. The number of nitrogens with zero attached hydrogens (tertiary/aromatic N) is 1. The van der Waals surface area contributed by atoms with Crippen molar-refractivity contribution in [2.75, 3.05) is 33.8 Å². The molecule has 1 aliphatic rings. The van der Waals surface area contributed by atoms with Crippen molar-refractivity contribution in [1.29, 1.82) is 0 Å². The van der Waals surface area contributed by atoms with Crippen LogP contribution in [0.3, 0.4) is 0 Å². The minimum Gasteiger partial charge on any atom is -0.872 e. The van der Waals surface area contributed by atoms with E-state index in [1.54, 1.807) is 36.4 Å². The number of hydrogen-bond acceptors (Lipinski definition) is 4. The fourth-order valence-corrected chi connectivity index (χ4v) is 3.64. The highest BCUT2D eigenvalue weighted by atomic mass is 35.5. The van der Waals surface area contributed by atoms with Gasteiger partial charge in [0.25, 0.3) is 5.91 Å². The quantitative estimate of drug-likeness (QED) is 0.382. The van der Waals surface area contributed by atoms with Gasteiger partial charge in [-0.05, 0) is 41.8 Å². The lowest BCUT2D eigenvalue weighted by atomic mass is 9.95. The van der Waals surface area contributed by atoms with Crippen LogP contribution in [0.25, 0.3) is 5.76 Å². The van der Waals surface area contributed by atoms with Gasteiger partial charge >= 0.3 is 0 Å². The zero-order chi connectivity index (χ0) is 22.5. The van der Waals surface area contributed by atoms with E-state index in [0.717, 1.165) is 11.3 Å². The fourth-order valence-electron chi connectivity index (χ4n) is 3.51. The van der Waals surface area contributed by atoms with Gasteiger partial charge in [0.1, 0.15) is 5.75 Å². The Labute approximate surface area is 187 Å². The summed E-state index contributed by atoms with van der Waals surface area (Å²) in [6.07, 6.45) is 0.890. The topological polar surface area (TPSA) is 74.1 Å². The van der Waals surface area contributed by atoms with Gasteiger partial charge in [-0.1, -0.05) is 48.5 Å². The van der Waals surface area contributed by atoms with Gasteiger partial charge in [-0.2, -0.15) is 0 Å². The number of carbonyl (C=O) groups is 2. The second kappa shape index (κ2) is 9.98. The third-order valence-electron chi connectivity index (χ3n) is 5.16. The summed E-state index contributed by atoms with van der Waals surface area (Å²) >= 11 is 5.94. The van der Waals surface area contributed by atoms with Gasteiger partial charge in [0.2, 0.25) is 5.78 Å². The highest BCUT2D eigenvalue weighted by Crippen LogP contribution is 2.38. The molecule has 2 aromatic carbocycles. The molecule has 1 atom stereocenters. The predicted molar refractivity (Wildman–Crippen MR) is 118 cm³/mol. The molecule has 3 rings (SSSR count). The Hall–Kier alpha value is -2.83. The number of rotatable bonds is 8. The number of likely N-dealkylation sites (N-methyl/N-ethyl adjacent to an activating group) is 1. The SMILES string of the molecule is CCCOc1ccc(C2/C(=C(\[O-])c3ccc(Cl)cc3)C(=O)C(=O)N2CC[NH+](C)C)cc1.